The molecule has 1 aliphatic rings. The van der Waals surface area contributed by atoms with E-state index in [1.807, 2.05) is 41.5 Å². The Bertz CT molecular complexity index is 893. The van der Waals surface area contributed by atoms with E-state index in [0.717, 1.165) is 48.0 Å². The lowest BCUT2D eigenvalue weighted by molar-refractivity contribution is -0.116. The second-order valence-electron chi connectivity index (χ2n) is 6.76. The van der Waals surface area contributed by atoms with Gasteiger partial charge in [0.1, 0.15) is 0 Å². The number of aryl methyl sites for hydroxylation is 1. The molecule has 6 nitrogen and oxygen atoms in total. The molecule has 0 bridgehead atoms. The zero-order chi connectivity index (χ0) is 17.8. The van der Waals surface area contributed by atoms with E-state index < -0.39 is 0 Å². The molecule has 0 atom stereocenters. The molecule has 1 fully saturated rings. The van der Waals surface area contributed by atoms with Crippen molar-refractivity contribution in [2.75, 3.05) is 18.4 Å². The topological polar surface area (TPSA) is 71.8 Å². The van der Waals surface area contributed by atoms with Crippen LogP contribution in [0.15, 0.2) is 49.1 Å². The fraction of sp³-hybridized carbons (Fsp3) is 0.350. The summed E-state index contributed by atoms with van der Waals surface area (Å²) in [5.74, 6) is 0.00259. The molecule has 4 rings (SSSR count). The van der Waals surface area contributed by atoms with Gasteiger partial charge in [0, 0.05) is 30.4 Å². The summed E-state index contributed by atoms with van der Waals surface area (Å²) >= 11 is 0. The van der Waals surface area contributed by atoms with E-state index in [9.17, 15) is 4.79 Å². The molecule has 1 aliphatic heterocycles. The monoisotopic (exact) mass is 349 g/mol. The number of carbonyl (C=O) groups excluding carboxylic acids is 1. The van der Waals surface area contributed by atoms with Crippen LogP contribution in [0.5, 0.6) is 0 Å². The van der Waals surface area contributed by atoms with Crippen molar-refractivity contribution in [3.8, 4) is 0 Å². The van der Waals surface area contributed by atoms with Gasteiger partial charge in [0.15, 0.2) is 0 Å². The number of anilines is 1. The first-order chi connectivity index (χ1) is 12.8. The van der Waals surface area contributed by atoms with Gasteiger partial charge in [0.05, 0.1) is 17.9 Å². The van der Waals surface area contributed by atoms with Crippen molar-refractivity contribution in [3.63, 3.8) is 0 Å². The molecule has 0 spiro atoms. The molecule has 1 saturated heterocycles. The third kappa shape index (κ3) is 3.75. The minimum absolute atomic E-state index is 0.00259. The first-order valence-corrected chi connectivity index (χ1v) is 9.16. The average Bonchev–Trinajstić information content (AvgIpc) is 3.15. The molecule has 0 aliphatic carbocycles. The van der Waals surface area contributed by atoms with E-state index in [0.29, 0.717) is 18.9 Å². The van der Waals surface area contributed by atoms with E-state index in [4.69, 9.17) is 0 Å². The highest BCUT2D eigenvalue weighted by atomic mass is 16.1. The van der Waals surface area contributed by atoms with Gasteiger partial charge < -0.3 is 10.6 Å². The number of piperidine rings is 1. The van der Waals surface area contributed by atoms with Gasteiger partial charge in [-0.3, -0.25) is 14.5 Å². The summed E-state index contributed by atoms with van der Waals surface area (Å²) in [6.45, 7) is 2.04. The van der Waals surface area contributed by atoms with Crippen molar-refractivity contribution in [3.05, 3.63) is 54.6 Å². The lowest BCUT2D eigenvalue weighted by atomic mass is 10.0. The van der Waals surface area contributed by atoms with Crippen LogP contribution in [0.2, 0.25) is 0 Å². The average molecular weight is 349 g/mol. The largest absolute Gasteiger partial charge is 0.323 e. The van der Waals surface area contributed by atoms with Gasteiger partial charge >= 0.3 is 0 Å². The number of carbonyl (C=O) groups is 1. The SMILES string of the molecule is O=C(CCc1cncc2ccccc12)Nc1cnn(C2CCNCC2)c1. The second-order valence-corrected chi connectivity index (χ2v) is 6.76. The summed E-state index contributed by atoms with van der Waals surface area (Å²) in [4.78, 5) is 16.6. The minimum atomic E-state index is 0.00259. The summed E-state index contributed by atoms with van der Waals surface area (Å²) in [5, 5.41) is 13.0. The minimum Gasteiger partial charge on any atom is -0.323 e. The van der Waals surface area contributed by atoms with Crippen molar-refractivity contribution < 1.29 is 4.79 Å². The summed E-state index contributed by atoms with van der Waals surface area (Å²) < 4.78 is 1.98. The van der Waals surface area contributed by atoms with E-state index in [1.165, 1.54) is 0 Å². The molecule has 1 aromatic carbocycles. The van der Waals surface area contributed by atoms with Crippen LogP contribution in [0.1, 0.15) is 30.9 Å². The normalized spacial score (nSPS) is 15.2. The summed E-state index contributed by atoms with van der Waals surface area (Å²) in [6.07, 6.45) is 10.6. The molecule has 26 heavy (non-hydrogen) atoms. The van der Waals surface area contributed by atoms with E-state index in [-0.39, 0.29) is 5.91 Å². The number of benzene rings is 1. The molecule has 134 valence electrons. The van der Waals surface area contributed by atoms with Crippen LogP contribution >= 0.6 is 0 Å². The lowest BCUT2D eigenvalue weighted by Crippen LogP contribution is -2.29. The highest BCUT2D eigenvalue weighted by Crippen LogP contribution is 2.20. The first kappa shape index (κ1) is 16.7. The van der Waals surface area contributed by atoms with Gasteiger partial charge in [0.2, 0.25) is 5.91 Å². The van der Waals surface area contributed by atoms with Crippen molar-refractivity contribution in [1.29, 1.82) is 0 Å². The van der Waals surface area contributed by atoms with Crippen LogP contribution in [-0.4, -0.2) is 33.8 Å². The Morgan fingerprint density at radius 3 is 2.92 bits per heavy atom. The number of hydrogen-bond acceptors (Lipinski definition) is 4. The molecule has 0 unspecified atom stereocenters. The smallest absolute Gasteiger partial charge is 0.224 e. The van der Waals surface area contributed by atoms with Gasteiger partial charge in [-0.05, 0) is 43.3 Å². The van der Waals surface area contributed by atoms with Gasteiger partial charge in [-0.15, -0.1) is 0 Å². The molecule has 0 radical (unpaired) electrons. The van der Waals surface area contributed by atoms with Crippen LogP contribution in [0, 0.1) is 0 Å². The van der Waals surface area contributed by atoms with Crippen LogP contribution in [-0.2, 0) is 11.2 Å². The maximum atomic E-state index is 12.3. The number of fused-ring (bicyclic) bond motifs is 1. The second kappa shape index (κ2) is 7.66. The van der Waals surface area contributed by atoms with Crippen molar-refractivity contribution in [2.45, 2.75) is 31.7 Å². The third-order valence-corrected chi connectivity index (χ3v) is 4.94. The van der Waals surface area contributed by atoms with E-state index >= 15 is 0 Å². The molecule has 1 amide bonds. The van der Waals surface area contributed by atoms with Gasteiger partial charge in [0.25, 0.3) is 0 Å². The molecule has 3 aromatic rings. The first-order valence-electron chi connectivity index (χ1n) is 9.16. The molecule has 2 N–H and O–H groups in total. The predicted molar refractivity (Wildman–Crippen MR) is 102 cm³/mol. The van der Waals surface area contributed by atoms with E-state index in [1.54, 1.807) is 6.20 Å². The molecule has 2 aromatic heterocycles. The lowest BCUT2D eigenvalue weighted by Gasteiger charge is -2.22. The maximum Gasteiger partial charge on any atom is 0.224 e. The molecule has 6 heteroatoms. The maximum absolute atomic E-state index is 12.3. The summed E-state index contributed by atoms with van der Waals surface area (Å²) in [5.41, 5.74) is 1.87. The van der Waals surface area contributed by atoms with Crippen LogP contribution in [0.25, 0.3) is 10.8 Å². The highest BCUT2D eigenvalue weighted by molar-refractivity contribution is 5.91. The van der Waals surface area contributed by atoms with Gasteiger partial charge in [-0.1, -0.05) is 24.3 Å². The predicted octanol–water partition coefficient (Wildman–Crippen LogP) is 2.93. The van der Waals surface area contributed by atoms with Gasteiger partial charge in [-0.25, -0.2) is 0 Å². The van der Waals surface area contributed by atoms with Crippen LogP contribution in [0.3, 0.4) is 0 Å². The number of nitrogens with zero attached hydrogens (tertiary/aromatic N) is 3. The molecule has 3 heterocycles. The zero-order valence-electron chi connectivity index (χ0n) is 14.7. The number of aromatic nitrogens is 3. The Morgan fingerprint density at radius 1 is 1.19 bits per heavy atom. The molecule has 0 saturated carbocycles. The Kier molecular flexibility index (Phi) is 4.93. The number of nitrogens with one attached hydrogen (secondary N) is 2. The molecular formula is C20H23N5O. The fourth-order valence-electron chi connectivity index (χ4n) is 3.52. The standard InChI is InChI=1S/C20H23N5O/c26-20(6-5-16-12-22-11-15-3-1-2-4-19(15)16)24-17-13-23-25(14-17)18-7-9-21-10-8-18/h1-4,11-14,18,21H,5-10H2,(H,24,26). The molecular weight excluding hydrogens is 326 g/mol. The van der Waals surface area contributed by atoms with Crippen LogP contribution < -0.4 is 10.6 Å². The number of rotatable bonds is 5. The highest BCUT2D eigenvalue weighted by Gasteiger charge is 2.16. The Hall–Kier alpha value is -2.73. The van der Waals surface area contributed by atoms with Crippen molar-refractivity contribution in [2.24, 2.45) is 0 Å². The number of amides is 1. The number of pyridine rings is 1. The Labute approximate surface area is 152 Å². The Balaban J connectivity index is 1.36. The Morgan fingerprint density at radius 2 is 2.04 bits per heavy atom. The quantitative estimate of drug-likeness (QED) is 0.743. The van der Waals surface area contributed by atoms with Crippen molar-refractivity contribution >= 4 is 22.4 Å². The summed E-state index contributed by atoms with van der Waals surface area (Å²) in [7, 11) is 0. The zero-order valence-corrected chi connectivity index (χ0v) is 14.7. The van der Waals surface area contributed by atoms with Crippen LogP contribution in [0.4, 0.5) is 5.69 Å². The van der Waals surface area contributed by atoms with Gasteiger partial charge in [-0.2, -0.15) is 5.10 Å². The van der Waals surface area contributed by atoms with Crippen molar-refractivity contribution in [1.82, 2.24) is 20.1 Å². The third-order valence-electron chi connectivity index (χ3n) is 4.94. The fourth-order valence-corrected chi connectivity index (χ4v) is 3.52. The van der Waals surface area contributed by atoms with E-state index in [2.05, 4.69) is 26.8 Å². The number of hydrogen-bond donors (Lipinski definition) is 2. The summed E-state index contributed by atoms with van der Waals surface area (Å²) in [6, 6.07) is 8.55.